The summed E-state index contributed by atoms with van der Waals surface area (Å²) in [6.07, 6.45) is 0. The molecule has 1 heterocycles. The maximum atomic E-state index is 12.5. The number of primary amides is 1. The van der Waals surface area contributed by atoms with E-state index in [0.717, 1.165) is 19.6 Å². The Morgan fingerprint density at radius 1 is 0.967 bits per heavy atom. The Balaban J connectivity index is 1.43. The van der Waals surface area contributed by atoms with Gasteiger partial charge in [0.15, 0.2) is 0 Å². The number of hydrogen-bond acceptors (Lipinski definition) is 4. The van der Waals surface area contributed by atoms with Crippen LogP contribution in [0, 0.1) is 0 Å². The Morgan fingerprint density at radius 2 is 1.60 bits per heavy atom. The Kier molecular flexibility index (Phi) is 7.03. The van der Waals surface area contributed by atoms with E-state index < -0.39 is 11.9 Å². The Morgan fingerprint density at radius 3 is 2.20 bits per heavy atom. The first kappa shape index (κ1) is 21.3. The smallest absolute Gasteiger partial charge is 0.318 e. The average molecular weight is 409 g/mol. The Hall–Kier alpha value is -3.39. The van der Waals surface area contributed by atoms with E-state index >= 15 is 0 Å². The predicted octanol–water partition coefficient (Wildman–Crippen LogP) is 1.64. The number of nitrogens with two attached hydrogens (primary N) is 1. The third-order valence-corrected chi connectivity index (χ3v) is 5.08. The van der Waals surface area contributed by atoms with E-state index in [2.05, 4.69) is 27.7 Å². The number of hydrogen-bond donors (Lipinski definition) is 3. The first-order chi connectivity index (χ1) is 14.4. The fourth-order valence-electron chi connectivity index (χ4n) is 3.26. The van der Waals surface area contributed by atoms with E-state index in [1.54, 1.807) is 24.0 Å². The van der Waals surface area contributed by atoms with Gasteiger partial charge in [0.1, 0.15) is 6.04 Å². The molecule has 0 unspecified atom stereocenters. The van der Waals surface area contributed by atoms with E-state index in [1.807, 2.05) is 18.2 Å². The molecule has 0 bridgehead atoms. The van der Waals surface area contributed by atoms with Crippen molar-refractivity contribution in [2.75, 3.05) is 31.5 Å². The normalized spacial score (nSPS) is 15.3. The van der Waals surface area contributed by atoms with Gasteiger partial charge < -0.3 is 21.3 Å². The number of urea groups is 1. The van der Waals surface area contributed by atoms with Crippen molar-refractivity contribution >= 4 is 23.5 Å². The number of nitrogens with one attached hydrogen (secondary N) is 2. The molecule has 1 aliphatic heterocycles. The van der Waals surface area contributed by atoms with Gasteiger partial charge in [0, 0.05) is 44.0 Å². The predicted molar refractivity (Wildman–Crippen MR) is 115 cm³/mol. The quantitative estimate of drug-likeness (QED) is 0.674. The Bertz CT molecular complexity index is 877. The van der Waals surface area contributed by atoms with Crippen molar-refractivity contribution in [3.63, 3.8) is 0 Å². The molecule has 4 N–H and O–H groups in total. The molecule has 8 nitrogen and oxygen atoms in total. The van der Waals surface area contributed by atoms with E-state index in [4.69, 9.17) is 5.73 Å². The molecule has 1 atom stereocenters. The summed E-state index contributed by atoms with van der Waals surface area (Å²) in [6.45, 7) is 5.30. The summed E-state index contributed by atoms with van der Waals surface area (Å²) < 4.78 is 0. The van der Waals surface area contributed by atoms with Gasteiger partial charge in [-0.05, 0) is 36.8 Å². The fraction of sp³-hybridized carbons (Fsp3) is 0.318. The topological polar surface area (TPSA) is 108 Å². The van der Waals surface area contributed by atoms with Crippen LogP contribution in [0.25, 0.3) is 0 Å². The van der Waals surface area contributed by atoms with Gasteiger partial charge in [-0.25, -0.2) is 4.79 Å². The van der Waals surface area contributed by atoms with Crippen molar-refractivity contribution < 1.29 is 14.4 Å². The molecule has 1 saturated heterocycles. The third-order valence-electron chi connectivity index (χ3n) is 5.08. The molecule has 2 aromatic carbocycles. The molecule has 2 aromatic rings. The first-order valence-electron chi connectivity index (χ1n) is 9.95. The van der Waals surface area contributed by atoms with Crippen LogP contribution in [-0.2, 0) is 11.3 Å². The molecule has 0 aliphatic carbocycles. The third kappa shape index (κ3) is 5.81. The van der Waals surface area contributed by atoms with Gasteiger partial charge in [-0.15, -0.1) is 0 Å². The lowest BCUT2D eigenvalue weighted by Gasteiger charge is -2.35. The summed E-state index contributed by atoms with van der Waals surface area (Å²) in [5.41, 5.74) is 7.35. The summed E-state index contributed by atoms with van der Waals surface area (Å²) in [7, 11) is 0. The number of benzene rings is 2. The van der Waals surface area contributed by atoms with Crippen LogP contribution < -0.4 is 16.4 Å². The summed E-state index contributed by atoms with van der Waals surface area (Å²) in [5.74, 6) is -0.865. The molecular formula is C22H27N5O3. The summed E-state index contributed by atoms with van der Waals surface area (Å²) in [4.78, 5) is 40.0. The largest absolute Gasteiger partial charge is 0.366 e. The number of rotatable bonds is 6. The second kappa shape index (κ2) is 9.89. The summed E-state index contributed by atoms with van der Waals surface area (Å²) in [6, 6.07) is 15.6. The molecule has 8 heteroatoms. The minimum atomic E-state index is -0.698. The number of nitrogens with zero attached hydrogens (tertiary/aromatic N) is 2. The van der Waals surface area contributed by atoms with Crippen molar-refractivity contribution in [3.05, 3.63) is 65.7 Å². The lowest BCUT2D eigenvalue weighted by Crippen LogP contribution is -2.54. The molecule has 30 heavy (non-hydrogen) atoms. The minimum absolute atomic E-state index is 0.249. The molecule has 0 spiro atoms. The van der Waals surface area contributed by atoms with Crippen LogP contribution in [0.5, 0.6) is 0 Å². The maximum absolute atomic E-state index is 12.5. The molecule has 0 saturated carbocycles. The van der Waals surface area contributed by atoms with Gasteiger partial charge in [0.05, 0.1) is 0 Å². The van der Waals surface area contributed by atoms with Crippen molar-refractivity contribution in [3.8, 4) is 0 Å². The van der Waals surface area contributed by atoms with Gasteiger partial charge in [0.2, 0.25) is 11.8 Å². The molecule has 1 aliphatic rings. The molecular weight excluding hydrogens is 382 g/mol. The van der Waals surface area contributed by atoms with Crippen LogP contribution >= 0.6 is 0 Å². The molecule has 1 fully saturated rings. The average Bonchev–Trinajstić information content (AvgIpc) is 2.75. The number of piperazine rings is 1. The number of carbonyl (C=O) groups excluding carboxylic acids is 3. The van der Waals surface area contributed by atoms with E-state index in [0.29, 0.717) is 24.3 Å². The number of anilines is 1. The fourth-order valence-corrected chi connectivity index (χ4v) is 3.26. The van der Waals surface area contributed by atoms with Crippen molar-refractivity contribution in [2.45, 2.75) is 19.5 Å². The standard InChI is InChI=1S/C22H27N5O3/c1-16(21(29)25-19-9-7-18(8-10-19)20(23)28)24-22(30)27-13-11-26(12-14-27)15-17-5-3-2-4-6-17/h2-10,16H,11-15H2,1H3,(H2,23,28)(H,24,30)(H,25,29)/t16-/m0/s1. The molecule has 0 aromatic heterocycles. The van der Waals surface area contributed by atoms with Crippen molar-refractivity contribution in [1.29, 1.82) is 0 Å². The van der Waals surface area contributed by atoms with E-state index in [-0.39, 0.29) is 11.9 Å². The van der Waals surface area contributed by atoms with Gasteiger partial charge in [-0.2, -0.15) is 0 Å². The van der Waals surface area contributed by atoms with Crippen LogP contribution in [-0.4, -0.2) is 59.9 Å². The molecule has 158 valence electrons. The highest BCUT2D eigenvalue weighted by molar-refractivity contribution is 5.97. The SMILES string of the molecule is C[C@H](NC(=O)N1CCN(Cc2ccccc2)CC1)C(=O)Nc1ccc(C(N)=O)cc1. The van der Waals surface area contributed by atoms with Gasteiger partial charge in [0.25, 0.3) is 0 Å². The van der Waals surface area contributed by atoms with E-state index in [9.17, 15) is 14.4 Å². The molecule has 3 rings (SSSR count). The van der Waals surface area contributed by atoms with Crippen molar-refractivity contribution in [2.24, 2.45) is 5.73 Å². The summed E-state index contributed by atoms with van der Waals surface area (Å²) in [5, 5.41) is 5.46. The number of carbonyl (C=O) groups is 3. The number of amides is 4. The minimum Gasteiger partial charge on any atom is -0.366 e. The van der Waals surface area contributed by atoms with Crippen LogP contribution in [0.1, 0.15) is 22.8 Å². The lowest BCUT2D eigenvalue weighted by molar-refractivity contribution is -0.117. The zero-order valence-corrected chi connectivity index (χ0v) is 17.0. The Labute approximate surface area is 176 Å². The van der Waals surface area contributed by atoms with Crippen LogP contribution in [0.15, 0.2) is 54.6 Å². The van der Waals surface area contributed by atoms with Crippen LogP contribution in [0.3, 0.4) is 0 Å². The second-order valence-electron chi connectivity index (χ2n) is 7.35. The zero-order chi connectivity index (χ0) is 21.5. The highest BCUT2D eigenvalue weighted by Gasteiger charge is 2.24. The monoisotopic (exact) mass is 409 g/mol. The van der Waals surface area contributed by atoms with Crippen LogP contribution in [0.2, 0.25) is 0 Å². The van der Waals surface area contributed by atoms with E-state index in [1.165, 1.54) is 17.7 Å². The molecule has 0 radical (unpaired) electrons. The highest BCUT2D eigenvalue weighted by atomic mass is 16.2. The maximum Gasteiger partial charge on any atom is 0.318 e. The van der Waals surface area contributed by atoms with Gasteiger partial charge in [-0.1, -0.05) is 30.3 Å². The van der Waals surface area contributed by atoms with Crippen molar-refractivity contribution in [1.82, 2.24) is 15.1 Å². The lowest BCUT2D eigenvalue weighted by atomic mass is 10.2. The second-order valence-corrected chi connectivity index (χ2v) is 7.35. The summed E-state index contributed by atoms with van der Waals surface area (Å²) >= 11 is 0. The van der Waals surface area contributed by atoms with Crippen LogP contribution in [0.4, 0.5) is 10.5 Å². The first-order valence-corrected chi connectivity index (χ1v) is 9.95. The van der Waals surface area contributed by atoms with Gasteiger partial charge in [-0.3, -0.25) is 14.5 Å². The molecule has 4 amide bonds. The zero-order valence-electron chi connectivity index (χ0n) is 17.0. The highest BCUT2D eigenvalue weighted by Crippen LogP contribution is 2.11. The van der Waals surface area contributed by atoms with Gasteiger partial charge >= 0.3 is 6.03 Å².